The van der Waals surface area contributed by atoms with Gasteiger partial charge in [0.1, 0.15) is 25.0 Å². The molecule has 0 aromatic carbocycles. The van der Waals surface area contributed by atoms with Crippen LogP contribution in [0.25, 0.3) is 0 Å². The highest BCUT2D eigenvalue weighted by molar-refractivity contribution is 5.85. The van der Waals surface area contributed by atoms with Gasteiger partial charge >= 0.3 is 5.97 Å². The molecule has 0 saturated heterocycles. The Kier molecular flexibility index (Phi) is 20.7. The molecule has 3 N–H and O–H groups in total. The minimum Gasteiger partial charge on any atom is -0.480 e. The third-order valence-corrected chi connectivity index (χ3v) is 4.22. The number of carboxylic acids is 1. The number of ketones is 2. The minimum atomic E-state index is -1.29. The van der Waals surface area contributed by atoms with Crippen LogP contribution < -0.4 is 10.6 Å². The third-order valence-electron chi connectivity index (χ3n) is 4.22. The van der Waals surface area contributed by atoms with Crippen LogP contribution in [0, 0.1) is 0 Å². The number of hydrogen-bond donors (Lipinski definition) is 3. The molecule has 0 radical (unpaired) electrons. The van der Waals surface area contributed by atoms with Crippen LogP contribution in [0.5, 0.6) is 0 Å². The second-order valence-corrected chi connectivity index (χ2v) is 7.43. The summed E-state index contributed by atoms with van der Waals surface area (Å²) >= 11 is 0. The fourth-order valence-electron chi connectivity index (χ4n) is 2.54. The fraction of sp³-hybridized carbons (Fsp3) is 0.727. The van der Waals surface area contributed by atoms with E-state index < -0.39 is 24.5 Å². The Morgan fingerprint density at radius 1 is 0.806 bits per heavy atom. The molecule has 0 aliphatic rings. The minimum absolute atomic E-state index is 0.0390. The van der Waals surface area contributed by atoms with Crippen molar-refractivity contribution in [3.63, 3.8) is 0 Å². The molecule has 0 rings (SSSR count). The van der Waals surface area contributed by atoms with E-state index in [1.807, 2.05) is 0 Å². The van der Waals surface area contributed by atoms with E-state index >= 15 is 0 Å². The van der Waals surface area contributed by atoms with E-state index in [2.05, 4.69) is 15.4 Å². The van der Waals surface area contributed by atoms with E-state index in [0.29, 0.717) is 32.8 Å². The van der Waals surface area contributed by atoms with Crippen LogP contribution >= 0.6 is 0 Å². The van der Waals surface area contributed by atoms with Crippen molar-refractivity contribution >= 4 is 35.8 Å². The Morgan fingerprint density at radius 3 is 2.08 bits per heavy atom. The van der Waals surface area contributed by atoms with Crippen molar-refractivity contribution in [1.82, 2.24) is 10.6 Å². The second-order valence-electron chi connectivity index (χ2n) is 7.43. The lowest BCUT2D eigenvalue weighted by molar-refractivity contribution is -0.144. The molecule has 0 aromatic heterocycles. The van der Waals surface area contributed by atoms with Crippen LogP contribution in [0.1, 0.15) is 32.6 Å². The van der Waals surface area contributed by atoms with Crippen molar-refractivity contribution in [3.8, 4) is 0 Å². The van der Waals surface area contributed by atoms with Gasteiger partial charge in [-0.05, 0) is 19.8 Å². The summed E-state index contributed by atoms with van der Waals surface area (Å²) in [6, 6.07) is -1.26. The standard InChI is InChI=1S/C22H36N2O12/c1-17(26)13-34-11-10-33-8-6-23-20(28)14-35-12-9-32-7-2-3-18(27)4-5-19(22(30)31)24-21(29)15-36-16-25/h16,19H,2-15H2,1H3,(H,23,28)(H,24,29)(H,30,31)/t19-/m0/s1. The topological polar surface area (TPSA) is 193 Å². The first kappa shape index (κ1) is 33.1. The lowest BCUT2D eigenvalue weighted by atomic mass is 10.1. The van der Waals surface area contributed by atoms with Crippen molar-refractivity contribution in [3.05, 3.63) is 0 Å². The van der Waals surface area contributed by atoms with Crippen LogP contribution in [0.2, 0.25) is 0 Å². The summed E-state index contributed by atoms with van der Waals surface area (Å²) < 4.78 is 25.0. The van der Waals surface area contributed by atoms with E-state index in [4.69, 9.17) is 24.1 Å². The maximum Gasteiger partial charge on any atom is 0.326 e. The summed E-state index contributed by atoms with van der Waals surface area (Å²) in [7, 11) is 0. The molecule has 1 atom stereocenters. The molecule has 0 bridgehead atoms. The molecule has 0 aliphatic heterocycles. The van der Waals surface area contributed by atoms with E-state index in [9.17, 15) is 28.8 Å². The maximum absolute atomic E-state index is 11.9. The van der Waals surface area contributed by atoms with Crippen molar-refractivity contribution in [1.29, 1.82) is 0 Å². The first-order chi connectivity index (χ1) is 17.3. The van der Waals surface area contributed by atoms with Crippen molar-refractivity contribution in [2.45, 2.75) is 38.6 Å². The second kappa shape index (κ2) is 22.5. The number of rotatable bonds is 25. The van der Waals surface area contributed by atoms with Crippen molar-refractivity contribution in [2.75, 3.05) is 66.0 Å². The summed E-state index contributed by atoms with van der Waals surface area (Å²) in [6.07, 6.45) is 0.487. The summed E-state index contributed by atoms with van der Waals surface area (Å²) in [5.41, 5.74) is 0. The molecule has 14 heteroatoms. The molecule has 206 valence electrons. The summed E-state index contributed by atoms with van der Waals surface area (Å²) in [5.74, 6) is -2.60. The molecule has 0 unspecified atom stereocenters. The van der Waals surface area contributed by atoms with Gasteiger partial charge in [0.25, 0.3) is 12.4 Å². The van der Waals surface area contributed by atoms with Crippen LogP contribution in [0.3, 0.4) is 0 Å². The highest BCUT2D eigenvalue weighted by Gasteiger charge is 2.21. The first-order valence-corrected chi connectivity index (χ1v) is 11.4. The number of carbonyl (C=O) groups is 6. The lowest BCUT2D eigenvalue weighted by Crippen LogP contribution is -2.42. The van der Waals surface area contributed by atoms with Gasteiger partial charge in [-0.25, -0.2) is 4.79 Å². The summed E-state index contributed by atoms with van der Waals surface area (Å²) in [6.45, 7) is 2.79. The third kappa shape index (κ3) is 21.6. The van der Waals surface area contributed by atoms with E-state index in [0.717, 1.165) is 0 Å². The van der Waals surface area contributed by atoms with Gasteiger partial charge in [0.2, 0.25) is 5.91 Å². The highest BCUT2D eigenvalue weighted by atomic mass is 16.5. The van der Waals surface area contributed by atoms with E-state index in [1.54, 1.807) is 0 Å². The fourth-order valence-corrected chi connectivity index (χ4v) is 2.54. The van der Waals surface area contributed by atoms with Gasteiger partial charge in [-0.15, -0.1) is 0 Å². The normalized spacial score (nSPS) is 11.4. The van der Waals surface area contributed by atoms with Crippen molar-refractivity contribution < 1.29 is 57.6 Å². The Labute approximate surface area is 209 Å². The smallest absolute Gasteiger partial charge is 0.326 e. The number of amides is 2. The van der Waals surface area contributed by atoms with Crippen LogP contribution in [-0.4, -0.2) is 113 Å². The summed E-state index contributed by atoms with van der Waals surface area (Å²) in [4.78, 5) is 66.8. The molecular weight excluding hydrogens is 484 g/mol. The van der Waals surface area contributed by atoms with Gasteiger partial charge in [-0.1, -0.05) is 0 Å². The number of carboxylic acid groups (broad SMARTS) is 1. The Hall–Kier alpha value is -2.94. The number of hydrogen-bond acceptors (Lipinski definition) is 11. The molecule has 0 aliphatic carbocycles. The van der Waals surface area contributed by atoms with Crippen LogP contribution in [0.4, 0.5) is 0 Å². The number of nitrogens with one attached hydrogen (secondary N) is 2. The van der Waals surface area contributed by atoms with Gasteiger partial charge in [0.05, 0.1) is 33.0 Å². The molecule has 0 aromatic rings. The largest absolute Gasteiger partial charge is 0.480 e. The molecule has 0 spiro atoms. The Bertz CT molecular complexity index is 686. The van der Waals surface area contributed by atoms with Gasteiger partial charge in [0.15, 0.2) is 12.4 Å². The van der Waals surface area contributed by atoms with Gasteiger partial charge < -0.3 is 39.4 Å². The molecule has 0 saturated carbocycles. The summed E-state index contributed by atoms with van der Waals surface area (Å²) in [5, 5.41) is 13.9. The van der Waals surface area contributed by atoms with Gasteiger partial charge in [0, 0.05) is 26.0 Å². The first-order valence-electron chi connectivity index (χ1n) is 11.4. The van der Waals surface area contributed by atoms with E-state index in [-0.39, 0.29) is 76.2 Å². The monoisotopic (exact) mass is 520 g/mol. The van der Waals surface area contributed by atoms with E-state index in [1.165, 1.54) is 6.92 Å². The molecule has 0 heterocycles. The number of carbonyl (C=O) groups excluding carboxylic acids is 5. The zero-order valence-corrected chi connectivity index (χ0v) is 20.5. The molecular formula is C22H36N2O12. The number of ether oxygens (including phenoxy) is 5. The highest BCUT2D eigenvalue weighted by Crippen LogP contribution is 2.04. The SMILES string of the molecule is CC(=O)COCCOCCNC(=O)COCCOCCCC(=O)CC[C@H](NC(=O)COC=O)C(=O)O. The maximum atomic E-state index is 11.9. The van der Waals surface area contributed by atoms with Gasteiger partial charge in [-0.2, -0.15) is 0 Å². The molecule has 14 nitrogen and oxygen atoms in total. The number of Topliss-reactive ketones (excluding diaryl/α,β-unsaturated/α-hetero) is 2. The molecule has 2 amide bonds. The predicted octanol–water partition coefficient (Wildman–Crippen LogP) is -1.37. The predicted molar refractivity (Wildman–Crippen MR) is 122 cm³/mol. The van der Waals surface area contributed by atoms with Gasteiger partial charge in [-0.3, -0.25) is 24.0 Å². The average molecular weight is 521 g/mol. The zero-order valence-electron chi connectivity index (χ0n) is 20.5. The zero-order chi connectivity index (χ0) is 27.0. The average Bonchev–Trinajstić information content (AvgIpc) is 2.83. The Morgan fingerprint density at radius 2 is 1.44 bits per heavy atom. The molecule has 36 heavy (non-hydrogen) atoms. The quantitative estimate of drug-likeness (QED) is 0.0946. The Balaban J connectivity index is 3.63. The van der Waals surface area contributed by atoms with Crippen molar-refractivity contribution in [2.24, 2.45) is 0 Å². The molecule has 0 fully saturated rings. The lowest BCUT2D eigenvalue weighted by Gasteiger charge is -2.13. The van der Waals surface area contributed by atoms with Crippen LogP contribution in [-0.2, 0) is 52.5 Å². The number of aliphatic carboxylic acids is 1. The van der Waals surface area contributed by atoms with Crippen LogP contribution in [0.15, 0.2) is 0 Å².